The summed E-state index contributed by atoms with van der Waals surface area (Å²) in [6, 6.07) is 9.05. The van der Waals surface area contributed by atoms with Crippen molar-refractivity contribution >= 4 is 23.4 Å². The summed E-state index contributed by atoms with van der Waals surface area (Å²) in [5, 5.41) is 10.6. The molecule has 3 aliphatic rings. The number of carbonyl (C=O) groups excluding carboxylic acids is 3. The van der Waals surface area contributed by atoms with Crippen LogP contribution in [0.3, 0.4) is 0 Å². The molecule has 1 atom stereocenters. The fraction of sp³-hybridized carbons (Fsp3) is 0.409. The number of hydrogen-bond donors (Lipinski definition) is 0. The zero-order valence-electron chi connectivity index (χ0n) is 17.9. The van der Waals surface area contributed by atoms with E-state index in [1.54, 1.807) is 6.08 Å². The second kappa shape index (κ2) is 9.72. The van der Waals surface area contributed by atoms with Crippen molar-refractivity contribution in [3.05, 3.63) is 52.7 Å². The first-order valence-electron chi connectivity index (χ1n) is 9.49. The maximum atomic E-state index is 12.5. The van der Waals surface area contributed by atoms with Crippen molar-refractivity contribution in [2.24, 2.45) is 0 Å². The quantitative estimate of drug-likeness (QED) is 0.205. The molecule has 0 radical (unpaired) electrons. The smallest absolute Gasteiger partial charge is 0.550 e. The summed E-state index contributed by atoms with van der Waals surface area (Å²) in [4.78, 5) is 37.7. The third-order valence-corrected chi connectivity index (χ3v) is 5.76. The first-order valence-corrected chi connectivity index (χ1v) is 9.49. The van der Waals surface area contributed by atoms with Gasteiger partial charge in [0, 0.05) is 36.6 Å². The van der Waals surface area contributed by atoms with Crippen molar-refractivity contribution in [3.8, 4) is 0 Å². The van der Waals surface area contributed by atoms with Gasteiger partial charge >= 0.3 is 65.1 Å². The zero-order chi connectivity index (χ0) is 20.1. The minimum absolute atomic E-state index is 0. The Bertz CT molecular complexity index is 951. The first kappa shape index (κ1) is 25.4. The molecule has 30 heavy (non-hydrogen) atoms. The van der Waals surface area contributed by atoms with Gasteiger partial charge in [-0.05, 0) is 24.3 Å². The average Bonchev–Trinajstić information content (AvgIpc) is 2.89. The van der Waals surface area contributed by atoms with E-state index in [-0.39, 0.29) is 95.5 Å². The van der Waals surface area contributed by atoms with Crippen LogP contribution in [0.5, 0.6) is 0 Å². The number of carboxylic acids is 1. The SMILES string of the molecule is CC1(C)C2=C3C=C(C(=O)CCCC(=O)[O-])C(=O)OC3CCN2c2cc[c-]cc21.[Na+].[Na+]. The van der Waals surface area contributed by atoms with Crippen LogP contribution in [-0.2, 0) is 24.5 Å². The Morgan fingerprint density at radius 1 is 1.30 bits per heavy atom. The number of Topliss-reactive ketones (excluding diaryl/α,β-unsaturated/α-hetero) is 1. The maximum Gasteiger partial charge on any atom is 1.00 e. The van der Waals surface area contributed by atoms with Gasteiger partial charge in [0.1, 0.15) is 11.7 Å². The Labute approximate surface area is 220 Å². The van der Waals surface area contributed by atoms with E-state index in [2.05, 4.69) is 24.8 Å². The van der Waals surface area contributed by atoms with Gasteiger partial charge in [-0.15, -0.1) is 11.6 Å². The topological polar surface area (TPSA) is 86.7 Å². The Kier molecular flexibility index (Phi) is 8.22. The number of benzene rings is 1. The van der Waals surface area contributed by atoms with Crippen molar-refractivity contribution in [1.29, 1.82) is 0 Å². The van der Waals surface area contributed by atoms with Crippen LogP contribution in [-0.4, -0.2) is 30.4 Å². The molecule has 0 amide bonds. The molecule has 0 bridgehead atoms. The predicted molar refractivity (Wildman–Crippen MR) is 99.1 cm³/mol. The number of fused-ring (bicyclic) bond motifs is 4. The summed E-state index contributed by atoms with van der Waals surface area (Å²) in [7, 11) is 0. The zero-order valence-corrected chi connectivity index (χ0v) is 21.9. The number of aliphatic carboxylic acids is 1. The third kappa shape index (κ3) is 4.36. The van der Waals surface area contributed by atoms with Crippen LogP contribution >= 0.6 is 0 Å². The van der Waals surface area contributed by atoms with Gasteiger partial charge in [0.15, 0.2) is 5.78 Å². The standard InChI is InChI=1S/C22H22NO5.2Na/c1-22(2)15-6-3-4-7-16(15)23-11-10-18-14(20(22)23)12-13(21(27)28-18)17(24)8-5-9-19(25)26;;/h4,6-7,12,18H,5,8-11H2,1-2H3,(H,25,26);;/q-1;2*+1/p-1. The van der Waals surface area contributed by atoms with E-state index in [0.29, 0.717) is 6.42 Å². The van der Waals surface area contributed by atoms with Crippen molar-refractivity contribution in [2.45, 2.75) is 51.0 Å². The summed E-state index contributed by atoms with van der Waals surface area (Å²) in [6.45, 7) is 4.98. The normalized spacial score (nSPS) is 20.6. The molecule has 0 N–H and O–H groups in total. The fourth-order valence-electron chi connectivity index (χ4n) is 4.46. The van der Waals surface area contributed by atoms with Crippen LogP contribution in [0.1, 0.15) is 45.1 Å². The molecule has 8 heteroatoms. The predicted octanol–water partition coefficient (Wildman–Crippen LogP) is -4.41. The Morgan fingerprint density at radius 3 is 2.73 bits per heavy atom. The number of esters is 1. The molecule has 1 aromatic rings. The number of carbonyl (C=O) groups is 3. The van der Waals surface area contributed by atoms with E-state index in [4.69, 9.17) is 4.74 Å². The summed E-state index contributed by atoms with van der Waals surface area (Å²) in [5.41, 5.74) is 3.88. The summed E-state index contributed by atoms with van der Waals surface area (Å²) in [6.07, 6.45) is 1.86. The van der Waals surface area contributed by atoms with Crippen LogP contribution in [0.2, 0.25) is 0 Å². The largest absolute Gasteiger partial charge is 1.00 e. The molecule has 0 saturated carbocycles. The molecular weight excluding hydrogens is 404 g/mol. The van der Waals surface area contributed by atoms with Gasteiger partial charge in [0.25, 0.3) is 0 Å². The van der Waals surface area contributed by atoms with E-state index >= 15 is 0 Å². The number of rotatable bonds is 5. The molecule has 0 fully saturated rings. The van der Waals surface area contributed by atoms with Crippen molar-refractivity contribution in [3.63, 3.8) is 0 Å². The molecule has 6 nitrogen and oxygen atoms in total. The van der Waals surface area contributed by atoms with Crippen molar-refractivity contribution in [2.75, 3.05) is 11.4 Å². The Hall–Kier alpha value is -0.890. The Balaban J connectivity index is 0.00000160. The number of nitrogens with zero attached hydrogens (tertiary/aromatic N) is 1. The van der Waals surface area contributed by atoms with Gasteiger partial charge < -0.3 is 19.5 Å². The van der Waals surface area contributed by atoms with Gasteiger partial charge in [-0.25, -0.2) is 4.79 Å². The van der Waals surface area contributed by atoms with E-state index in [9.17, 15) is 19.5 Å². The first-order chi connectivity index (χ1) is 13.3. The summed E-state index contributed by atoms with van der Waals surface area (Å²) in [5.74, 6) is -2.22. The number of carboxylic acid groups (broad SMARTS) is 1. The number of anilines is 1. The van der Waals surface area contributed by atoms with E-state index in [0.717, 1.165) is 29.1 Å². The van der Waals surface area contributed by atoms with Crippen LogP contribution < -0.4 is 69.1 Å². The Morgan fingerprint density at radius 2 is 2.03 bits per heavy atom. The summed E-state index contributed by atoms with van der Waals surface area (Å²) < 4.78 is 5.60. The van der Waals surface area contributed by atoms with E-state index in [1.807, 2.05) is 18.2 Å². The van der Waals surface area contributed by atoms with Gasteiger partial charge in [-0.1, -0.05) is 19.5 Å². The number of allylic oxidation sites excluding steroid dienone is 1. The molecule has 1 unspecified atom stereocenters. The van der Waals surface area contributed by atoms with Gasteiger partial charge in [0.2, 0.25) is 0 Å². The summed E-state index contributed by atoms with van der Waals surface area (Å²) >= 11 is 0. The molecule has 3 aliphatic heterocycles. The number of ketones is 1. The van der Waals surface area contributed by atoms with E-state index in [1.165, 1.54) is 0 Å². The molecule has 0 aromatic heterocycles. The average molecular weight is 425 g/mol. The van der Waals surface area contributed by atoms with Gasteiger partial charge in [0.05, 0.1) is 0 Å². The van der Waals surface area contributed by atoms with Crippen LogP contribution in [0.15, 0.2) is 41.1 Å². The molecule has 3 heterocycles. The molecule has 0 saturated heterocycles. The van der Waals surface area contributed by atoms with Crippen LogP contribution in [0.25, 0.3) is 0 Å². The number of ether oxygens (including phenoxy) is 1. The van der Waals surface area contributed by atoms with Crippen molar-refractivity contribution in [1.82, 2.24) is 0 Å². The monoisotopic (exact) mass is 425 g/mol. The van der Waals surface area contributed by atoms with Gasteiger partial charge in [-0.3, -0.25) is 4.79 Å². The second-order valence-electron chi connectivity index (χ2n) is 7.91. The molecule has 4 rings (SSSR count). The molecule has 146 valence electrons. The minimum Gasteiger partial charge on any atom is -0.550 e. The fourth-order valence-corrected chi connectivity index (χ4v) is 4.46. The van der Waals surface area contributed by atoms with Crippen LogP contribution in [0, 0.1) is 6.07 Å². The van der Waals surface area contributed by atoms with Crippen molar-refractivity contribution < 1.29 is 83.3 Å². The number of hydrogen-bond acceptors (Lipinski definition) is 6. The van der Waals surface area contributed by atoms with E-state index < -0.39 is 17.7 Å². The molecule has 0 spiro atoms. The minimum atomic E-state index is -1.21. The molecular formula is C22H21NNa2O5. The molecule has 1 aromatic carbocycles. The van der Waals surface area contributed by atoms with Gasteiger partial charge in [-0.2, -0.15) is 18.2 Å². The third-order valence-electron chi connectivity index (χ3n) is 5.76. The molecule has 0 aliphatic carbocycles. The second-order valence-corrected chi connectivity index (χ2v) is 7.91. The van der Waals surface area contributed by atoms with Crippen LogP contribution in [0.4, 0.5) is 5.69 Å². The maximum absolute atomic E-state index is 12.5.